The van der Waals surface area contributed by atoms with Gasteiger partial charge in [-0.15, -0.1) is 0 Å². The molecule has 2 rings (SSSR count). The average molecular weight is 250 g/mol. The molecule has 2 N–H and O–H groups in total. The van der Waals surface area contributed by atoms with Gasteiger partial charge in [-0.25, -0.2) is 0 Å². The lowest BCUT2D eigenvalue weighted by Crippen LogP contribution is -2.46. The van der Waals surface area contributed by atoms with E-state index in [-0.39, 0.29) is 6.61 Å². The summed E-state index contributed by atoms with van der Waals surface area (Å²) in [6, 6.07) is 8.66. The van der Waals surface area contributed by atoms with Crippen LogP contribution in [-0.4, -0.2) is 44.5 Å². The highest BCUT2D eigenvalue weighted by atomic mass is 16.5. The lowest BCUT2D eigenvalue weighted by molar-refractivity contribution is 0.278. The van der Waals surface area contributed by atoms with Crippen LogP contribution in [0.4, 0.5) is 5.69 Å². The van der Waals surface area contributed by atoms with Gasteiger partial charge < -0.3 is 20.1 Å². The Balaban J connectivity index is 1.98. The zero-order chi connectivity index (χ0) is 12.8. The number of anilines is 1. The predicted octanol–water partition coefficient (Wildman–Crippen LogP) is 1.25. The molecule has 1 atom stereocenters. The molecule has 4 nitrogen and oxygen atoms in total. The van der Waals surface area contributed by atoms with Crippen LogP contribution in [0.1, 0.15) is 12.8 Å². The molecule has 0 aliphatic carbocycles. The number of ether oxygens (including phenoxy) is 1. The van der Waals surface area contributed by atoms with E-state index in [4.69, 9.17) is 9.84 Å². The van der Waals surface area contributed by atoms with Gasteiger partial charge in [0.15, 0.2) is 0 Å². The largest absolute Gasteiger partial charge is 0.497 e. The molecule has 18 heavy (non-hydrogen) atoms. The van der Waals surface area contributed by atoms with E-state index in [2.05, 4.69) is 22.3 Å². The number of benzene rings is 1. The van der Waals surface area contributed by atoms with E-state index >= 15 is 0 Å². The standard InChI is InChI=1S/C14H22N2O2/c1-18-14-6-2-5-13(10-14)16-8-3-4-12(11-16)15-7-9-17/h2,5-6,10,12,15,17H,3-4,7-9,11H2,1H3. The number of methoxy groups -OCH3 is 1. The second-order valence-electron chi connectivity index (χ2n) is 4.66. The molecule has 1 aromatic carbocycles. The van der Waals surface area contributed by atoms with Crippen LogP contribution in [0.3, 0.4) is 0 Å². The smallest absolute Gasteiger partial charge is 0.120 e. The third-order valence-corrected chi connectivity index (χ3v) is 3.38. The molecule has 1 heterocycles. The van der Waals surface area contributed by atoms with Crippen molar-refractivity contribution in [3.63, 3.8) is 0 Å². The molecule has 1 saturated heterocycles. The molecule has 0 saturated carbocycles. The quantitative estimate of drug-likeness (QED) is 0.825. The number of nitrogens with zero attached hydrogens (tertiary/aromatic N) is 1. The molecule has 4 heteroatoms. The van der Waals surface area contributed by atoms with Gasteiger partial charge in [0.25, 0.3) is 0 Å². The second kappa shape index (κ2) is 6.61. The van der Waals surface area contributed by atoms with E-state index < -0.39 is 0 Å². The number of nitrogens with one attached hydrogen (secondary N) is 1. The van der Waals surface area contributed by atoms with Gasteiger partial charge in [0, 0.05) is 37.4 Å². The Hall–Kier alpha value is -1.26. The molecule has 0 bridgehead atoms. The van der Waals surface area contributed by atoms with E-state index in [1.165, 1.54) is 18.5 Å². The van der Waals surface area contributed by atoms with Crippen LogP contribution in [0, 0.1) is 0 Å². The molecular formula is C14H22N2O2. The van der Waals surface area contributed by atoms with Crippen molar-refractivity contribution in [3.05, 3.63) is 24.3 Å². The van der Waals surface area contributed by atoms with Gasteiger partial charge in [0.2, 0.25) is 0 Å². The summed E-state index contributed by atoms with van der Waals surface area (Å²) in [5.74, 6) is 0.901. The predicted molar refractivity (Wildman–Crippen MR) is 73.3 cm³/mol. The van der Waals surface area contributed by atoms with Crippen molar-refractivity contribution in [1.82, 2.24) is 5.32 Å². The van der Waals surface area contributed by atoms with Crippen LogP contribution in [0.2, 0.25) is 0 Å². The van der Waals surface area contributed by atoms with Crippen LogP contribution in [0.25, 0.3) is 0 Å². The highest BCUT2D eigenvalue weighted by Gasteiger charge is 2.19. The lowest BCUT2D eigenvalue weighted by Gasteiger charge is -2.35. The highest BCUT2D eigenvalue weighted by Crippen LogP contribution is 2.24. The number of aliphatic hydroxyl groups is 1. The molecule has 1 fully saturated rings. The summed E-state index contributed by atoms with van der Waals surface area (Å²) in [7, 11) is 1.70. The Bertz CT molecular complexity index is 371. The van der Waals surface area contributed by atoms with Gasteiger partial charge in [-0.3, -0.25) is 0 Å². The maximum atomic E-state index is 8.86. The number of hydrogen-bond donors (Lipinski definition) is 2. The molecule has 0 amide bonds. The summed E-state index contributed by atoms with van der Waals surface area (Å²) in [5.41, 5.74) is 1.21. The zero-order valence-electron chi connectivity index (χ0n) is 10.9. The van der Waals surface area contributed by atoms with Gasteiger partial charge >= 0.3 is 0 Å². The van der Waals surface area contributed by atoms with Crippen molar-refractivity contribution in [2.75, 3.05) is 38.3 Å². The van der Waals surface area contributed by atoms with Gasteiger partial charge in [0.05, 0.1) is 13.7 Å². The molecule has 1 unspecified atom stereocenters. The lowest BCUT2D eigenvalue weighted by atomic mass is 10.0. The third-order valence-electron chi connectivity index (χ3n) is 3.38. The van der Waals surface area contributed by atoms with E-state index in [9.17, 15) is 0 Å². The van der Waals surface area contributed by atoms with Crippen molar-refractivity contribution in [3.8, 4) is 5.75 Å². The first-order valence-corrected chi connectivity index (χ1v) is 6.56. The molecule has 100 valence electrons. The average Bonchev–Trinajstić information content (AvgIpc) is 2.45. The van der Waals surface area contributed by atoms with Gasteiger partial charge in [-0.2, -0.15) is 0 Å². The van der Waals surface area contributed by atoms with Crippen LogP contribution in [0.5, 0.6) is 5.75 Å². The van der Waals surface area contributed by atoms with Crippen molar-refractivity contribution < 1.29 is 9.84 Å². The van der Waals surface area contributed by atoms with E-state index in [0.29, 0.717) is 12.6 Å². The van der Waals surface area contributed by atoms with Crippen LogP contribution < -0.4 is 15.0 Å². The fourth-order valence-corrected chi connectivity index (χ4v) is 2.45. The minimum absolute atomic E-state index is 0.204. The summed E-state index contributed by atoms with van der Waals surface area (Å²) in [6.07, 6.45) is 2.36. The first kappa shape index (κ1) is 13.2. The molecule has 1 aromatic rings. The maximum Gasteiger partial charge on any atom is 0.120 e. The summed E-state index contributed by atoms with van der Waals surface area (Å²) in [6.45, 7) is 2.96. The first-order chi connectivity index (χ1) is 8.83. The molecule has 0 radical (unpaired) electrons. The number of rotatable bonds is 5. The maximum absolute atomic E-state index is 8.86. The molecule has 1 aliphatic rings. The minimum atomic E-state index is 0.204. The van der Waals surface area contributed by atoms with E-state index in [1.807, 2.05) is 12.1 Å². The van der Waals surface area contributed by atoms with Crippen molar-refractivity contribution in [2.24, 2.45) is 0 Å². The molecular weight excluding hydrogens is 228 g/mol. The Morgan fingerprint density at radius 1 is 1.50 bits per heavy atom. The van der Waals surface area contributed by atoms with Crippen LogP contribution in [-0.2, 0) is 0 Å². The third kappa shape index (κ3) is 3.37. The summed E-state index contributed by atoms with van der Waals surface area (Å²) in [5, 5.41) is 12.2. The zero-order valence-corrected chi connectivity index (χ0v) is 10.9. The fourth-order valence-electron chi connectivity index (χ4n) is 2.45. The molecule has 1 aliphatic heterocycles. The fraction of sp³-hybridized carbons (Fsp3) is 0.571. The topological polar surface area (TPSA) is 44.7 Å². The number of hydrogen-bond acceptors (Lipinski definition) is 4. The highest BCUT2D eigenvalue weighted by molar-refractivity contribution is 5.51. The number of piperidine rings is 1. The molecule has 0 aromatic heterocycles. The van der Waals surface area contributed by atoms with E-state index in [1.54, 1.807) is 7.11 Å². The Morgan fingerprint density at radius 3 is 3.17 bits per heavy atom. The summed E-state index contributed by atoms with van der Waals surface area (Å²) < 4.78 is 5.26. The van der Waals surface area contributed by atoms with Gasteiger partial charge in [0.1, 0.15) is 5.75 Å². The Kier molecular flexibility index (Phi) is 4.84. The van der Waals surface area contributed by atoms with Crippen molar-refractivity contribution in [2.45, 2.75) is 18.9 Å². The second-order valence-corrected chi connectivity index (χ2v) is 4.66. The van der Waals surface area contributed by atoms with Crippen LogP contribution >= 0.6 is 0 Å². The molecule has 0 spiro atoms. The van der Waals surface area contributed by atoms with Crippen molar-refractivity contribution >= 4 is 5.69 Å². The van der Waals surface area contributed by atoms with Gasteiger partial charge in [-0.1, -0.05) is 6.07 Å². The SMILES string of the molecule is COc1cccc(N2CCCC(NCCO)C2)c1. The van der Waals surface area contributed by atoms with Crippen molar-refractivity contribution in [1.29, 1.82) is 0 Å². The van der Waals surface area contributed by atoms with Gasteiger partial charge in [-0.05, 0) is 25.0 Å². The van der Waals surface area contributed by atoms with E-state index in [0.717, 1.165) is 18.8 Å². The van der Waals surface area contributed by atoms with Crippen LogP contribution in [0.15, 0.2) is 24.3 Å². The Labute approximate surface area is 109 Å². The number of aliphatic hydroxyl groups excluding tert-OH is 1. The monoisotopic (exact) mass is 250 g/mol. The summed E-state index contributed by atoms with van der Waals surface area (Å²) >= 11 is 0. The Morgan fingerprint density at radius 2 is 2.39 bits per heavy atom. The first-order valence-electron chi connectivity index (χ1n) is 6.56. The summed E-state index contributed by atoms with van der Waals surface area (Å²) in [4.78, 5) is 2.38. The minimum Gasteiger partial charge on any atom is -0.497 e. The normalized spacial score (nSPS) is 19.9.